The highest BCUT2D eigenvalue weighted by atomic mass is 32.1. The number of hydrogen-bond donors (Lipinski definition) is 0. The number of nitrogens with zero attached hydrogens (tertiary/aromatic N) is 5. The quantitative estimate of drug-likeness (QED) is 0.153. The largest absolute Gasteiger partial charge is 0.294 e. The van der Waals surface area contributed by atoms with Crippen molar-refractivity contribution in [1.82, 2.24) is 24.5 Å². The van der Waals surface area contributed by atoms with Gasteiger partial charge in [0.2, 0.25) is 0 Å². The second-order valence-corrected chi connectivity index (χ2v) is 16.8. The minimum atomic E-state index is 0.407. The number of rotatable bonds is 8. The van der Waals surface area contributed by atoms with Crippen molar-refractivity contribution in [1.29, 1.82) is 0 Å². The Morgan fingerprint density at radius 3 is 1.60 bits per heavy atom. The lowest BCUT2D eigenvalue weighted by Gasteiger charge is -2.19. The first kappa shape index (κ1) is 36.8. The number of thiophene rings is 1. The van der Waals surface area contributed by atoms with Crippen LogP contribution in [0.3, 0.4) is 0 Å². The molecule has 0 saturated heterocycles. The van der Waals surface area contributed by atoms with Crippen LogP contribution in [0.4, 0.5) is 0 Å². The van der Waals surface area contributed by atoms with Crippen molar-refractivity contribution in [2.45, 2.75) is 6.42 Å². The van der Waals surface area contributed by atoms with E-state index >= 15 is 0 Å². The van der Waals surface area contributed by atoms with Gasteiger partial charge < -0.3 is 0 Å². The Bertz CT molecular complexity index is 3520. The number of benzene rings is 8. The summed E-state index contributed by atoms with van der Waals surface area (Å²) in [6, 6.07) is 72.6. The molecule has 63 heavy (non-hydrogen) atoms. The number of fused-ring (bicyclic) bond motifs is 7. The van der Waals surface area contributed by atoms with Crippen molar-refractivity contribution in [2.24, 2.45) is 0 Å². The van der Waals surface area contributed by atoms with E-state index in [9.17, 15) is 0 Å². The van der Waals surface area contributed by atoms with E-state index in [0.717, 1.165) is 66.9 Å². The predicted octanol–water partition coefficient (Wildman–Crippen LogP) is 14.7. The highest BCUT2D eigenvalue weighted by molar-refractivity contribution is 7.26. The van der Waals surface area contributed by atoms with Gasteiger partial charge in [0, 0.05) is 65.8 Å². The topological polar surface area (TPSA) is 56.5 Å². The molecule has 0 fully saturated rings. The molecule has 0 N–H and O–H groups in total. The fourth-order valence-electron chi connectivity index (χ4n) is 9.16. The van der Waals surface area contributed by atoms with Crippen LogP contribution < -0.4 is 0 Å². The lowest BCUT2D eigenvalue weighted by Crippen LogP contribution is -2.08. The zero-order valence-corrected chi connectivity index (χ0v) is 34.9. The van der Waals surface area contributed by atoms with Crippen LogP contribution in [0, 0.1) is 0 Å². The summed E-state index contributed by atoms with van der Waals surface area (Å²) < 4.78 is 4.91. The second-order valence-electron chi connectivity index (χ2n) is 15.8. The molecule has 8 aromatic carbocycles. The van der Waals surface area contributed by atoms with E-state index in [-0.39, 0.29) is 0 Å². The van der Waals surface area contributed by atoms with Gasteiger partial charge in [0.1, 0.15) is 11.6 Å². The average molecular weight is 824 g/mol. The van der Waals surface area contributed by atoms with Crippen LogP contribution in [-0.4, -0.2) is 24.5 Å². The number of para-hydroxylation sites is 1. The Kier molecular flexibility index (Phi) is 9.01. The van der Waals surface area contributed by atoms with Gasteiger partial charge in [-0.3, -0.25) is 4.57 Å². The fraction of sp³-hybridized carbons (Fsp3) is 0.0175. The van der Waals surface area contributed by atoms with Gasteiger partial charge in [-0.05, 0) is 58.1 Å². The molecule has 12 aromatic rings. The summed E-state index contributed by atoms with van der Waals surface area (Å²) in [5.41, 5.74) is 11.8. The number of aromatic nitrogens is 5. The lowest BCUT2D eigenvalue weighted by atomic mass is 9.87. The molecule has 0 amide bonds. The smallest absolute Gasteiger partial charge is 0.163 e. The number of hydrogen-bond acceptors (Lipinski definition) is 5. The van der Waals surface area contributed by atoms with E-state index in [2.05, 4.69) is 181 Å². The first-order chi connectivity index (χ1) is 31.2. The molecule has 0 radical (unpaired) electrons. The lowest BCUT2D eigenvalue weighted by molar-refractivity contribution is 0.914. The highest BCUT2D eigenvalue weighted by Gasteiger charge is 2.23. The van der Waals surface area contributed by atoms with E-state index in [0.29, 0.717) is 23.9 Å². The minimum absolute atomic E-state index is 0.407. The standard InChI is InChI=1S/C57H37N5S/c1-5-18-37(19-6-1)43-28-17-29-44(38-20-7-2-8-21-38)52(43)42-34-41(35-51-59-55(39-22-9-3-10-23-39)61-56(60-51)40-24-11-4-12-25-40)57(58-36-42)62-47-30-15-13-26-45(47)53-48(62)32-33-50-54(53)46-27-14-16-31-49(46)63-50/h1-34,36H,35H2. The molecule has 6 heteroatoms. The van der Waals surface area contributed by atoms with E-state index in [1.54, 1.807) is 0 Å². The van der Waals surface area contributed by atoms with Crippen LogP contribution in [0.25, 0.3) is 104 Å². The van der Waals surface area contributed by atoms with Crippen molar-refractivity contribution in [3.8, 4) is 62.0 Å². The maximum Gasteiger partial charge on any atom is 0.163 e. The van der Waals surface area contributed by atoms with Crippen molar-refractivity contribution >= 4 is 53.3 Å². The molecule has 0 saturated carbocycles. The van der Waals surface area contributed by atoms with E-state index in [1.165, 1.54) is 30.9 Å². The zero-order chi connectivity index (χ0) is 41.7. The van der Waals surface area contributed by atoms with Crippen molar-refractivity contribution in [3.63, 3.8) is 0 Å². The maximum absolute atomic E-state index is 5.55. The van der Waals surface area contributed by atoms with Crippen molar-refractivity contribution in [3.05, 3.63) is 224 Å². The third-order valence-electron chi connectivity index (χ3n) is 11.9. The van der Waals surface area contributed by atoms with Crippen LogP contribution in [-0.2, 0) is 6.42 Å². The molecule has 12 rings (SSSR count). The first-order valence-electron chi connectivity index (χ1n) is 21.2. The second kappa shape index (κ2) is 15.4. The van der Waals surface area contributed by atoms with Gasteiger partial charge in [-0.25, -0.2) is 19.9 Å². The Balaban J connectivity index is 1.15. The van der Waals surface area contributed by atoms with Crippen molar-refractivity contribution in [2.75, 3.05) is 0 Å². The van der Waals surface area contributed by atoms with Gasteiger partial charge >= 0.3 is 0 Å². The molecular weight excluding hydrogens is 787 g/mol. The van der Waals surface area contributed by atoms with Gasteiger partial charge in [-0.15, -0.1) is 11.3 Å². The molecule has 4 aromatic heterocycles. The maximum atomic E-state index is 5.55. The van der Waals surface area contributed by atoms with E-state index in [1.807, 2.05) is 47.7 Å². The summed E-state index contributed by atoms with van der Waals surface area (Å²) in [5, 5.41) is 4.98. The first-order valence-corrected chi connectivity index (χ1v) is 22.0. The van der Waals surface area contributed by atoms with Crippen LogP contribution >= 0.6 is 11.3 Å². The summed E-state index contributed by atoms with van der Waals surface area (Å²) in [6.07, 6.45) is 2.47. The van der Waals surface area contributed by atoms with Gasteiger partial charge in [-0.1, -0.05) is 176 Å². The van der Waals surface area contributed by atoms with Crippen LogP contribution in [0.15, 0.2) is 212 Å². The number of pyridine rings is 1. The summed E-state index contributed by atoms with van der Waals surface area (Å²) in [7, 11) is 0. The molecule has 0 aliphatic carbocycles. The molecule has 296 valence electrons. The molecule has 0 spiro atoms. The van der Waals surface area contributed by atoms with Crippen LogP contribution in [0.5, 0.6) is 0 Å². The summed E-state index contributed by atoms with van der Waals surface area (Å²) in [5.74, 6) is 2.77. The fourth-order valence-corrected chi connectivity index (χ4v) is 10.3. The van der Waals surface area contributed by atoms with Crippen LogP contribution in [0.1, 0.15) is 11.4 Å². The normalized spacial score (nSPS) is 11.6. The van der Waals surface area contributed by atoms with Gasteiger partial charge in [0.25, 0.3) is 0 Å². The predicted molar refractivity (Wildman–Crippen MR) is 261 cm³/mol. The molecule has 5 nitrogen and oxygen atoms in total. The van der Waals surface area contributed by atoms with Crippen molar-refractivity contribution < 1.29 is 0 Å². The van der Waals surface area contributed by atoms with E-state index < -0.39 is 0 Å². The Morgan fingerprint density at radius 2 is 0.968 bits per heavy atom. The summed E-state index contributed by atoms with van der Waals surface area (Å²) in [4.78, 5) is 21.0. The van der Waals surface area contributed by atoms with Gasteiger partial charge in [0.05, 0.1) is 11.0 Å². The molecule has 0 aliphatic heterocycles. The molecule has 0 atom stereocenters. The van der Waals surface area contributed by atoms with Gasteiger partial charge in [0.15, 0.2) is 11.6 Å². The third kappa shape index (κ3) is 6.47. The SMILES string of the molecule is c1ccc(-c2nc(Cc3cc(-c4c(-c5ccccc5)cccc4-c4ccccc4)cnc3-n3c4ccccc4c4c5c(ccc43)sc3ccccc35)nc(-c3ccccc3)n2)cc1. The van der Waals surface area contributed by atoms with Crippen LogP contribution in [0.2, 0.25) is 0 Å². The molecule has 0 bridgehead atoms. The summed E-state index contributed by atoms with van der Waals surface area (Å²) >= 11 is 1.85. The zero-order valence-electron chi connectivity index (χ0n) is 34.1. The minimum Gasteiger partial charge on any atom is -0.294 e. The molecule has 4 heterocycles. The third-order valence-corrected chi connectivity index (χ3v) is 13.1. The average Bonchev–Trinajstić information content (AvgIpc) is 3.90. The molecule has 0 aliphatic rings. The highest BCUT2D eigenvalue weighted by Crippen LogP contribution is 2.45. The Labute approximate surface area is 368 Å². The molecule has 0 unspecified atom stereocenters. The Morgan fingerprint density at radius 1 is 0.413 bits per heavy atom. The monoisotopic (exact) mass is 823 g/mol. The summed E-state index contributed by atoms with van der Waals surface area (Å²) in [6.45, 7) is 0. The van der Waals surface area contributed by atoms with E-state index in [4.69, 9.17) is 19.9 Å². The molecular formula is C57H37N5S. The Hall–Kier alpha value is -8.06. The van der Waals surface area contributed by atoms with Gasteiger partial charge in [-0.2, -0.15) is 0 Å².